The first-order valence-corrected chi connectivity index (χ1v) is 6.73. The minimum Gasteiger partial charge on any atom is -0.393 e. The number of aromatic nitrogens is 2. The van der Waals surface area contributed by atoms with E-state index in [2.05, 4.69) is 4.98 Å². The molecule has 3 rings (SSSR count). The van der Waals surface area contributed by atoms with E-state index >= 15 is 0 Å². The average Bonchev–Trinajstić information content (AvgIpc) is 2.51. The molecule has 6 nitrogen and oxygen atoms in total. The molecule has 1 aliphatic heterocycles. The van der Waals surface area contributed by atoms with E-state index in [0.29, 0.717) is 11.2 Å². The second-order valence-electron chi connectivity index (χ2n) is 5.02. The van der Waals surface area contributed by atoms with Gasteiger partial charge in [0.1, 0.15) is 11.3 Å². The van der Waals surface area contributed by atoms with Crippen molar-refractivity contribution in [1.29, 1.82) is 0 Å². The van der Waals surface area contributed by atoms with E-state index in [-0.39, 0.29) is 17.2 Å². The van der Waals surface area contributed by atoms with Crippen LogP contribution in [0, 0.1) is 0 Å². The molecule has 0 unspecified atom stereocenters. The molecule has 0 radical (unpaired) electrons. The fourth-order valence-electron chi connectivity index (χ4n) is 2.50. The molecule has 1 fully saturated rings. The normalized spacial score (nSPS) is 15.5. The van der Waals surface area contributed by atoms with E-state index in [1.165, 1.54) is 23.2 Å². The van der Waals surface area contributed by atoms with Crippen LogP contribution in [0.25, 0.3) is 5.65 Å². The number of carbonyl (C=O) groups is 1. The number of nitrogens with zero attached hydrogens (tertiary/aromatic N) is 3. The van der Waals surface area contributed by atoms with Gasteiger partial charge in [0.15, 0.2) is 0 Å². The van der Waals surface area contributed by atoms with Crippen LogP contribution in [0.2, 0.25) is 0 Å². The Morgan fingerprint density at radius 3 is 2.70 bits per heavy atom. The van der Waals surface area contributed by atoms with Crippen molar-refractivity contribution in [2.75, 3.05) is 18.8 Å². The number of rotatable bonds is 1. The van der Waals surface area contributed by atoms with Gasteiger partial charge in [0, 0.05) is 19.3 Å². The van der Waals surface area contributed by atoms with Gasteiger partial charge in [-0.1, -0.05) is 0 Å². The minimum absolute atomic E-state index is 0.0408. The Balaban J connectivity index is 2.01. The van der Waals surface area contributed by atoms with Crippen molar-refractivity contribution in [3.8, 4) is 0 Å². The van der Waals surface area contributed by atoms with Crippen LogP contribution in [0.4, 0.5) is 5.69 Å². The highest BCUT2D eigenvalue weighted by atomic mass is 16.2. The lowest BCUT2D eigenvalue weighted by atomic mass is 10.1. The lowest BCUT2D eigenvalue weighted by Gasteiger charge is -2.26. The molecule has 0 atom stereocenters. The zero-order valence-electron chi connectivity index (χ0n) is 11.1. The van der Waals surface area contributed by atoms with Crippen molar-refractivity contribution in [2.45, 2.75) is 19.3 Å². The average molecular weight is 272 g/mol. The Labute approximate surface area is 115 Å². The SMILES string of the molecule is Nc1cnc2ccc(C(=O)N3CCCCC3)cn2c1=O. The third kappa shape index (κ3) is 2.13. The maximum Gasteiger partial charge on any atom is 0.281 e. The molecule has 3 heterocycles. The standard InChI is InChI=1S/C14H16N4O2/c15-11-8-16-12-5-4-10(9-18(12)14(11)20)13(19)17-6-2-1-3-7-17/h4-5,8-9H,1-3,6-7,15H2. The fourth-order valence-corrected chi connectivity index (χ4v) is 2.50. The third-order valence-electron chi connectivity index (χ3n) is 3.62. The van der Waals surface area contributed by atoms with Gasteiger partial charge in [-0.3, -0.25) is 14.0 Å². The van der Waals surface area contributed by atoms with Gasteiger partial charge >= 0.3 is 0 Å². The number of hydrogen-bond donors (Lipinski definition) is 1. The van der Waals surface area contributed by atoms with Crippen LogP contribution in [0.5, 0.6) is 0 Å². The van der Waals surface area contributed by atoms with Crippen molar-refractivity contribution in [1.82, 2.24) is 14.3 Å². The third-order valence-corrected chi connectivity index (χ3v) is 3.62. The summed E-state index contributed by atoms with van der Waals surface area (Å²) in [4.78, 5) is 30.2. The second kappa shape index (κ2) is 4.96. The molecule has 0 bridgehead atoms. The Hall–Kier alpha value is -2.37. The van der Waals surface area contributed by atoms with Gasteiger partial charge in [-0.05, 0) is 31.4 Å². The van der Waals surface area contributed by atoms with E-state index in [4.69, 9.17) is 5.73 Å². The molecule has 2 aromatic rings. The number of pyridine rings is 1. The summed E-state index contributed by atoms with van der Waals surface area (Å²) in [5.74, 6) is -0.0408. The molecule has 1 aliphatic rings. The van der Waals surface area contributed by atoms with Gasteiger partial charge in [0.2, 0.25) is 0 Å². The molecule has 2 aromatic heterocycles. The van der Waals surface area contributed by atoms with Gasteiger partial charge in [-0.25, -0.2) is 4.98 Å². The molecule has 0 spiro atoms. The van der Waals surface area contributed by atoms with E-state index in [9.17, 15) is 9.59 Å². The molecule has 0 aromatic carbocycles. The molecule has 6 heteroatoms. The van der Waals surface area contributed by atoms with Gasteiger partial charge in [-0.15, -0.1) is 0 Å². The highest BCUT2D eigenvalue weighted by Gasteiger charge is 2.18. The second-order valence-corrected chi connectivity index (χ2v) is 5.02. The van der Waals surface area contributed by atoms with Crippen molar-refractivity contribution in [3.05, 3.63) is 40.4 Å². The number of anilines is 1. The molecule has 20 heavy (non-hydrogen) atoms. The van der Waals surface area contributed by atoms with Crippen molar-refractivity contribution in [2.24, 2.45) is 0 Å². The number of piperidine rings is 1. The number of amides is 1. The molecule has 1 amide bonds. The van der Waals surface area contributed by atoms with E-state index in [1.54, 1.807) is 12.1 Å². The predicted octanol–water partition coefficient (Wildman–Crippen LogP) is 0.903. The molecule has 1 saturated heterocycles. The van der Waals surface area contributed by atoms with Crippen LogP contribution in [0.3, 0.4) is 0 Å². The lowest BCUT2D eigenvalue weighted by Crippen LogP contribution is -2.36. The zero-order chi connectivity index (χ0) is 14.1. The molecule has 2 N–H and O–H groups in total. The van der Waals surface area contributed by atoms with E-state index < -0.39 is 0 Å². The quantitative estimate of drug-likeness (QED) is 0.836. The Kier molecular flexibility index (Phi) is 3.14. The summed E-state index contributed by atoms with van der Waals surface area (Å²) in [6.07, 6.45) is 6.10. The van der Waals surface area contributed by atoms with Gasteiger partial charge in [-0.2, -0.15) is 0 Å². The van der Waals surface area contributed by atoms with Crippen LogP contribution in [-0.4, -0.2) is 33.3 Å². The monoisotopic (exact) mass is 272 g/mol. The lowest BCUT2D eigenvalue weighted by molar-refractivity contribution is 0.0724. The maximum atomic E-state index is 12.4. The maximum absolute atomic E-state index is 12.4. The summed E-state index contributed by atoms with van der Waals surface area (Å²) in [5, 5.41) is 0. The Morgan fingerprint density at radius 2 is 1.95 bits per heavy atom. The van der Waals surface area contributed by atoms with Crippen LogP contribution in [-0.2, 0) is 0 Å². The van der Waals surface area contributed by atoms with Gasteiger partial charge < -0.3 is 10.6 Å². The van der Waals surface area contributed by atoms with E-state index in [0.717, 1.165) is 25.9 Å². The first-order valence-electron chi connectivity index (χ1n) is 6.73. The van der Waals surface area contributed by atoms with Crippen LogP contribution in [0.1, 0.15) is 29.6 Å². The smallest absolute Gasteiger partial charge is 0.281 e. The number of carbonyl (C=O) groups excluding carboxylic acids is 1. The van der Waals surface area contributed by atoms with E-state index in [1.807, 2.05) is 4.90 Å². The molecule has 104 valence electrons. The highest BCUT2D eigenvalue weighted by Crippen LogP contribution is 2.13. The van der Waals surface area contributed by atoms with Gasteiger partial charge in [0.25, 0.3) is 11.5 Å². The minimum atomic E-state index is -0.344. The van der Waals surface area contributed by atoms with Crippen LogP contribution >= 0.6 is 0 Å². The van der Waals surface area contributed by atoms with Crippen LogP contribution in [0.15, 0.2) is 29.3 Å². The first kappa shape index (κ1) is 12.7. The largest absolute Gasteiger partial charge is 0.393 e. The summed E-state index contributed by atoms with van der Waals surface area (Å²) < 4.78 is 1.33. The van der Waals surface area contributed by atoms with Gasteiger partial charge in [0.05, 0.1) is 11.8 Å². The number of nitrogen functional groups attached to an aromatic ring is 1. The predicted molar refractivity (Wildman–Crippen MR) is 75.6 cm³/mol. The molecule has 0 aliphatic carbocycles. The number of hydrogen-bond acceptors (Lipinski definition) is 4. The summed E-state index contributed by atoms with van der Waals surface area (Å²) in [6.45, 7) is 1.56. The molecular weight excluding hydrogens is 256 g/mol. The summed E-state index contributed by atoms with van der Waals surface area (Å²) >= 11 is 0. The first-order chi connectivity index (χ1) is 9.66. The fraction of sp³-hybridized carbons (Fsp3) is 0.357. The molecule has 0 saturated carbocycles. The Bertz CT molecular complexity index is 717. The zero-order valence-corrected chi connectivity index (χ0v) is 11.1. The van der Waals surface area contributed by atoms with Crippen molar-refractivity contribution in [3.63, 3.8) is 0 Å². The topological polar surface area (TPSA) is 80.7 Å². The van der Waals surface area contributed by atoms with Crippen LogP contribution < -0.4 is 11.3 Å². The number of nitrogens with two attached hydrogens (primary N) is 1. The van der Waals surface area contributed by atoms with Crippen molar-refractivity contribution < 1.29 is 4.79 Å². The molecular formula is C14H16N4O2. The summed E-state index contributed by atoms with van der Waals surface area (Å²) in [7, 11) is 0. The Morgan fingerprint density at radius 1 is 1.20 bits per heavy atom. The summed E-state index contributed by atoms with van der Waals surface area (Å²) in [6, 6.07) is 3.37. The number of likely N-dealkylation sites (tertiary alicyclic amines) is 1. The van der Waals surface area contributed by atoms with Crippen molar-refractivity contribution >= 4 is 17.2 Å². The number of fused-ring (bicyclic) bond motifs is 1. The summed E-state index contributed by atoms with van der Waals surface area (Å²) in [5.41, 5.74) is 6.27. The highest BCUT2D eigenvalue weighted by molar-refractivity contribution is 5.94.